The third-order valence-electron chi connectivity index (χ3n) is 1.57. The molecule has 0 bridgehead atoms. The summed E-state index contributed by atoms with van der Waals surface area (Å²) < 4.78 is 5.22. The molecule has 0 aromatic heterocycles. The fourth-order valence-electron chi connectivity index (χ4n) is 0.967. The van der Waals surface area contributed by atoms with E-state index in [-0.39, 0.29) is 5.01 Å². The van der Waals surface area contributed by atoms with Crippen LogP contribution in [-0.4, -0.2) is 5.01 Å². The molecule has 1 nitrogen and oxygen atoms in total. The van der Waals surface area contributed by atoms with E-state index in [0.717, 1.165) is 0 Å². The quantitative estimate of drug-likeness (QED) is 0.500. The number of epoxide rings is 1. The molecule has 1 aromatic rings. The molecule has 0 unspecified atom stereocenters. The maximum Gasteiger partial charge on any atom is 0.143 e. The first kappa shape index (κ1) is 6.38. The molecule has 10 heavy (non-hydrogen) atoms. The molecule has 0 N–H and O–H groups in total. The third kappa shape index (κ3) is 1.09. The largest absolute Gasteiger partial charge is 0.352 e. The molecule has 0 aliphatic carbocycles. The van der Waals surface area contributed by atoms with E-state index in [0.29, 0.717) is 6.10 Å². The van der Waals surface area contributed by atoms with E-state index in [1.807, 2.05) is 18.2 Å². The average molecular weight is 199 g/mol. The highest BCUT2D eigenvalue weighted by Crippen LogP contribution is 2.42. The summed E-state index contributed by atoms with van der Waals surface area (Å²) >= 11 is 3.36. The van der Waals surface area contributed by atoms with Crippen LogP contribution in [0.1, 0.15) is 11.7 Å². The lowest BCUT2D eigenvalue weighted by atomic mass is 10.2. The molecule has 0 radical (unpaired) electrons. The van der Waals surface area contributed by atoms with E-state index in [2.05, 4.69) is 28.1 Å². The second-order valence-electron chi connectivity index (χ2n) is 2.32. The van der Waals surface area contributed by atoms with Gasteiger partial charge >= 0.3 is 0 Å². The minimum absolute atomic E-state index is 0.245. The number of alkyl halides is 1. The topological polar surface area (TPSA) is 12.5 Å². The maximum atomic E-state index is 5.22. The Morgan fingerprint density at radius 3 is 2.30 bits per heavy atom. The monoisotopic (exact) mass is 198 g/mol. The Bertz CT molecular complexity index is 222. The molecule has 1 heterocycles. The fourth-order valence-corrected chi connectivity index (χ4v) is 1.51. The van der Waals surface area contributed by atoms with E-state index in [9.17, 15) is 0 Å². The Morgan fingerprint density at radius 2 is 1.80 bits per heavy atom. The zero-order chi connectivity index (χ0) is 6.97. The van der Waals surface area contributed by atoms with Crippen LogP contribution in [0.2, 0.25) is 0 Å². The molecule has 2 heteroatoms. The second kappa shape index (κ2) is 2.36. The number of rotatable bonds is 1. The van der Waals surface area contributed by atoms with Gasteiger partial charge in [-0.05, 0) is 5.56 Å². The van der Waals surface area contributed by atoms with E-state index in [4.69, 9.17) is 4.74 Å². The van der Waals surface area contributed by atoms with Crippen molar-refractivity contribution in [1.82, 2.24) is 0 Å². The molecule has 1 aromatic carbocycles. The highest BCUT2D eigenvalue weighted by atomic mass is 79.9. The first-order valence-electron chi connectivity index (χ1n) is 3.22. The molecule has 0 amide bonds. The van der Waals surface area contributed by atoms with Gasteiger partial charge in [-0.2, -0.15) is 0 Å². The Labute approximate surface area is 68.1 Å². The van der Waals surface area contributed by atoms with Crippen LogP contribution < -0.4 is 0 Å². The Balaban J connectivity index is 2.20. The third-order valence-corrected chi connectivity index (χ3v) is 2.26. The zero-order valence-electron chi connectivity index (χ0n) is 5.33. The highest BCUT2D eigenvalue weighted by Gasteiger charge is 2.37. The molecule has 1 aliphatic rings. The van der Waals surface area contributed by atoms with E-state index in [1.54, 1.807) is 0 Å². The first-order valence-corrected chi connectivity index (χ1v) is 4.14. The van der Waals surface area contributed by atoms with E-state index < -0.39 is 0 Å². The summed E-state index contributed by atoms with van der Waals surface area (Å²) in [6.07, 6.45) is 0.293. The summed E-state index contributed by atoms with van der Waals surface area (Å²) in [5.41, 5.74) is 1.25. The lowest BCUT2D eigenvalue weighted by Crippen LogP contribution is -1.78. The van der Waals surface area contributed by atoms with Gasteiger partial charge in [0.15, 0.2) is 0 Å². The molecule has 0 saturated carbocycles. The van der Waals surface area contributed by atoms with Gasteiger partial charge in [-0.15, -0.1) is 0 Å². The van der Waals surface area contributed by atoms with Crippen LogP contribution in [0.4, 0.5) is 0 Å². The van der Waals surface area contributed by atoms with Crippen LogP contribution in [0, 0.1) is 0 Å². The summed E-state index contributed by atoms with van der Waals surface area (Å²) in [6, 6.07) is 10.2. The fraction of sp³-hybridized carbons (Fsp3) is 0.250. The number of ether oxygens (including phenoxy) is 1. The molecular formula is C8H7BrO. The Morgan fingerprint density at radius 1 is 1.20 bits per heavy atom. The molecule has 1 fully saturated rings. The van der Waals surface area contributed by atoms with E-state index in [1.165, 1.54) is 5.56 Å². The number of hydrogen-bond acceptors (Lipinski definition) is 1. The average Bonchev–Trinajstić information content (AvgIpc) is 2.69. The predicted octanol–water partition coefficient (Wildman–Crippen LogP) is 2.48. The van der Waals surface area contributed by atoms with Gasteiger partial charge in [0.2, 0.25) is 0 Å². The van der Waals surface area contributed by atoms with E-state index >= 15 is 0 Å². The van der Waals surface area contributed by atoms with Crippen molar-refractivity contribution in [3.05, 3.63) is 35.9 Å². The lowest BCUT2D eigenvalue weighted by Gasteiger charge is -1.90. The van der Waals surface area contributed by atoms with Crippen molar-refractivity contribution in [3.63, 3.8) is 0 Å². The molecule has 52 valence electrons. The van der Waals surface area contributed by atoms with Crippen LogP contribution in [-0.2, 0) is 4.74 Å². The molecule has 1 aliphatic heterocycles. The van der Waals surface area contributed by atoms with Crippen LogP contribution in [0.3, 0.4) is 0 Å². The number of halogens is 1. The van der Waals surface area contributed by atoms with Crippen LogP contribution in [0.5, 0.6) is 0 Å². The SMILES string of the molecule is Br[C@H]1O[C@H]1c1ccccc1. The predicted molar refractivity (Wildman–Crippen MR) is 43.0 cm³/mol. The minimum atomic E-state index is 0.245. The van der Waals surface area contributed by atoms with Crippen molar-refractivity contribution in [2.45, 2.75) is 11.1 Å². The van der Waals surface area contributed by atoms with Crippen molar-refractivity contribution in [1.29, 1.82) is 0 Å². The van der Waals surface area contributed by atoms with Gasteiger partial charge in [0.1, 0.15) is 11.1 Å². The van der Waals surface area contributed by atoms with Gasteiger partial charge in [0.25, 0.3) is 0 Å². The summed E-state index contributed by atoms with van der Waals surface area (Å²) in [4.78, 5) is 0. The maximum absolute atomic E-state index is 5.22. The van der Waals surface area contributed by atoms with Gasteiger partial charge in [0, 0.05) is 0 Å². The van der Waals surface area contributed by atoms with Gasteiger partial charge in [0.05, 0.1) is 0 Å². The summed E-state index contributed by atoms with van der Waals surface area (Å²) in [5.74, 6) is 0. The van der Waals surface area contributed by atoms with Crippen molar-refractivity contribution >= 4 is 15.9 Å². The zero-order valence-corrected chi connectivity index (χ0v) is 6.91. The standard InChI is InChI=1S/C8H7BrO/c9-8-7(10-8)6-4-2-1-3-5-6/h1-5,7-8H/t7-,8-/m0/s1. The van der Waals surface area contributed by atoms with Crippen molar-refractivity contribution in [2.24, 2.45) is 0 Å². The summed E-state index contributed by atoms with van der Waals surface area (Å²) in [6.45, 7) is 0. The number of benzene rings is 1. The molecule has 2 atom stereocenters. The van der Waals surface area contributed by atoms with Crippen LogP contribution in [0.15, 0.2) is 30.3 Å². The normalized spacial score (nSPS) is 30.1. The van der Waals surface area contributed by atoms with Crippen molar-refractivity contribution in [2.75, 3.05) is 0 Å². The summed E-state index contributed by atoms with van der Waals surface area (Å²) in [7, 11) is 0. The smallest absolute Gasteiger partial charge is 0.143 e. The van der Waals surface area contributed by atoms with Crippen molar-refractivity contribution < 1.29 is 4.74 Å². The second-order valence-corrected chi connectivity index (χ2v) is 3.22. The molecule has 0 spiro atoms. The Kier molecular flexibility index (Phi) is 1.51. The first-order chi connectivity index (χ1) is 4.88. The lowest BCUT2D eigenvalue weighted by molar-refractivity contribution is 0.408. The molecule has 1 saturated heterocycles. The highest BCUT2D eigenvalue weighted by molar-refractivity contribution is 9.09. The van der Waals surface area contributed by atoms with Gasteiger partial charge in [-0.1, -0.05) is 46.3 Å². The summed E-state index contributed by atoms with van der Waals surface area (Å²) in [5, 5.41) is 0.245. The van der Waals surface area contributed by atoms with Crippen molar-refractivity contribution in [3.8, 4) is 0 Å². The van der Waals surface area contributed by atoms with Crippen LogP contribution >= 0.6 is 15.9 Å². The van der Waals surface area contributed by atoms with Gasteiger partial charge < -0.3 is 4.74 Å². The van der Waals surface area contributed by atoms with Crippen LogP contribution in [0.25, 0.3) is 0 Å². The molecular weight excluding hydrogens is 192 g/mol. The number of hydrogen-bond donors (Lipinski definition) is 0. The molecule has 2 rings (SSSR count). The van der Waals surface area contributed by atoms with Gasteiger partial charge in [-0.3, -0.25) is 0 Å². The minimum Gasteiger partial charge on any atom is -0.352 e. The Hall–Kier alpha value is -0.340. The van der Waals surface area contributed by atoms with Gasteiger partial charge in [-0.25, -0.2) is 0 Å².